The first-order valence-electron chi connectivity index (χ1n) is 4.17. The van der Waals surface area contributed by atoms with Gasteiger partial charge < -0.3 is 5.32 Å². The Bertz CT molecular complexity index is 292. The number of aromatic nitrogens is 2. The number of nitrogens with one attached hydrogen (secondary N) is 3. The first kappa shape index (κ1) is 9.57. The summed E-state index contributed by atoms with van der Waals surface area (Å²) >= 11 is 0. The van der Waals surface area contributed by atoms with Crippen molar-refractivity contribution >= 4 is 11.8 Å². The van der Waals surface area contributed by atoms with Crippen molar-refractivity contribution in [2.24, 2.45) is 0 Å². The number of aryl methyl sites for hydroxylation is 1. The summed E-state index contributed by atoms with van der Waals surface area (Å²) in [6, 6.07) is 1.65. The molecule has 0 spiro atoms. The van der Waals surface area contributed by atoms with Crippen LogP contribution in [0.3, 0.4) is 0 Å². The van der Waals surface area contributed by atoms with Gasteiger partial charge in [0, 0.05) is 17.8 Å². The smallest absolute Gasteiger partial charge is 0.320 e. The van der Waals surface area contributed by atoms with Gasteiger partial charge in [0.05, 0.1) is 0 Å². The van der Waals surface area contributed by atoms with Gasteiger partial charge in [-0.1, -0.05) is 0 Å². The van der Waals surface area contributed by atoms with Gasteiger partial charge in [-0.3, -0.25) is 10.4 Å². The second-order valence-electron chi connectivity index (χ2n) is 3.19. The zero-order valence-electron chi connectivity index (χ0n) is 8.01. The number of hydrogen-bond acceptors (Lipinski definition) is 2. The molecule has 1 heterocycles. The van der Waals surface area contributed by atoms with Crippen molar-refractivity contribution < 1.29 is 4.79 Å². The zero-order valence-corrected chi connectivity index (χ0v) is 8.01. The molecule has 3 N–H and O–H groups in total. The van der Waals surface area contributed by atoms with Crippen molar-refractivity contribution in [3.8, 4) is 0 Å². The van der Waals surface area contributed by atoms with Gasteiger partial charge in [-0.25, -0.2) is 4.79 Å². The number of nitrogens with zero attached hydrogens (tertiary/aromatic N) is 1. The molecule has 5 nitrogen and oxygen atoms in total. The largest absolute Gasteiger partial charge is 0.336 e. The highest BCUT2D eigenvalue weighted by Gasteiger charge is 2.04. The summed E-state index contributed by atoms with van der Waals surface area (Å²) in [5.74, 6) is 0.538. The van der Waals surface area contributed by atoms with E-state index in [2.05, 4.69) is 20.8 Å². The summed E-state index contributed by atoms with van der Waals surface area (Å²) < 4.78 is 0. The van der Waals surface area contributed by atoms with Crippen molar-refractivity contribution in [3.05, 3.63) is 11.8 Å². The number of carbonyl (C=O) groups excluding carboxylic acids is 1. The molecule has 0 aromatic carbocycles. The summed E-state index contributed by atoms with van der Waals surface area (Å²) in [6.45, 7) is 5.67. The predicted octanol–water partition coefficient (Wildman–Crippen LogP) is 1.25. The van der Waals surface area contributed by atoms with Crippen LogP contribution >= 0.6 is 0 Å². The first-order valence-corrected chi connectivity index (χ1v) is 4.17. The number of aromatic amines is 1. The third-order valence-corrected chi connectivity index (χ3v) is 1.37. The van der Waals surface area contributed by atoms with E-state index in [-0.39, 0.29) is 12.1 Å². The van der Waals surface area contributed by atoms with Gasteiger partial charge in [-0.05, 0) is 20.8 Å². The minimum absolute atomic E-state index is 0.125. The average molecular weight is 182 g/mol. The topological polar surface area (TPSA) is 69.8 Å². The number of rotatable bonds is 2. The lowest BCUT2D eigenvalue weighted by Crippen LogP contribution is -2.34. The fourth-order valence-corrected chi connectivity index (χ4v) is 0.897. The van der Waals surface area contributed by atoms with E-state index >= 15 is 0 Å². The van der Waals surface area contributed by atoms with E-state index in [9.17, 15) is 4.79 Å². The standard InChI is InChI=1S/C8H14N4O/c1-5(2)9-8(13)10-7-4-6(3)11-12-7/h4-5H,1-3H3,(H3,9,10,11,12,13). The number of amides is 2. The van der Waals surface area contributed by atoms with Gasteiger partial charge in [0.1, 0.15) is 0 Å². The number of hydrogen-bond donors (Lipinski definition) is 3. The highest BCUT2D eigenvalue weighted by molar-refractivity contribution is 5.88. The molecular weight excluding hydrogens is 168 g/mol. The predicted molar refractivity (Wildman–Crippen MR) is 50.6 cm³/mol. The van der Waals surface area contributed by atoms with Crippen LogP contribution in [0.5, 0.6) is 0 Å². The molecule has 1 aromatic heterocycles. The van der Waals surface area contributed by atoms with E-state index in [0.29, 0.717) is 5.82 Å². The van der Waals surface area contributed by atoms with Crippen molar-refractivity contribution in [1.82, 2.24) is 15.5 Å². The van der Waals surface area contributed by atoms with Crippen LogP contribution in [0.1, 0.15) is 19.5 Å². The maximum absolute atomic E-state index is 11.2. The molecule has 0 saturated heterocycles. The quantitative estimate of drug-likeness (QED) is 0.644. The van der Waals surface area contributed by atoms with Crippen LogP contribution in [0, 0.1) is 6.92 Å². The Morgan fingerprint density at radius 3 is 2.77 bits per heavy atom. The highest BCUT2D eigenvalue weighted by Crippen LogP contribution is 2.02. The lowest BCUT2D eigenvalue weighted by atomic mass is 10.4. The Morgan fingerprint density at radius 1 is 1.62 bits per heavy atom. The van der Waals surface area contributed by atoms with Crippen molar-refractivity contribution in [2.75, 3.05) is 5.32 Å². The van der Waals surface area contributed by atoms with Gasteiger partial charge >= 0.3 is 6.03 Å². The molecule has 0 fully saturated rings. The summed E-state index contributed by atoms with van der Waals surface area (Å²) in [5, 5.41) is 11.9. The van der Waals surface area contributed by atoms with Crippen LogP contribution in [0.15, 0.2) is 6.07 Å². The molecule has 13 heavy (non-hydrogen) atoms. The van der Waals surface area contributed by atoms with E-state index in [1.165, 1.54) is 0 Å². The molecule has 1 aromatic rings. The number of carbonyl (C=O) groups is 1. The lowest BCUT2D eigenvalue weighted by molar-refractivity contribution is 0.250. The molecule has 0 aliphatic heterocycles. The molecule has 0 unspecified atom stereocenters. The van der Waals surface area contributed by atoms with Crippen molar-refractivity contribution in [3.63, 3.8) is 0 Å². The molecular formula is C8H14N4O. The molecule has 1 rings (SSSR count). The van der Waals surface area contributed by atoms with E-state index < -0.39 is 0 Å². The minimum Gasteiger partial charge on any atom is -0.336 e. The molecule has 0 radical (unpaired) electrons. The van der Waals surface area contributed by atoms with Crippen LogP contribution in [-0.2, 0) is 0 Å². The molecule has 0 bridgehead atoms. The van der Waals surface area contributed by atoms with E-state index in [1.54, 1.807) is 6.07 Å². The van der Waals surface area contributed by atoms with Gasteiger partial charge in [0.25, 0.3) is 0 Å². The summed E-state index contributed by atoms with van der Waals surface area (Å²) in [7, 11) is 0. The molecule has 0 saturated carbocycles. The number of anilines is 1. The molecule has 0 aliphatic rings. The molecule has 0 aliphatic carbocycles. The van der Waals surface area contributed by atoms with Gasteiger partial charge in [0.15, 0.2) is 5.82 Å². The van der Waals surface area contributed by atoms with Crippen LogP contribution in [0.4, 0.5) is 10.6 Å². The maximum atomic E-state index is 11.2. The third-order valence-electron chi connectivity index (χ3n) is 1.37. The average Bonchev–Trinajstić information content (AvgIpc) is 2.33. The Labute approximate surface area is 76.9 Å². The van der Waals surface area contributed by atoms with Gasteiger partial charge in [0.2, 0.25) is 0 Å². The highest BCUT2D eigenvalue weighted by atomic mass is 16.2. The maximum Gasteiger partial charge on any atom is 0.320 e. The van der Waals surface area contributed by atoms with E-state index in [4.69, 9.17) is 0 Å². The number of urea groups is 1. The first-order chi connectivity index (χ1) is 6.08. The SMILES string of the molecule is Cc1cc(NC(=O)NC(C)C)n[nH]1. The monoisotopic (exact) mass is 182 g/mol. The Kier molecular flexibility index (Phi) is 2.89. The van der Waals surface area contributed by atoms with Gasteiger partial charge in [-0.15, -0.1) is 0 Å². The van der Waals surface area contributed by atoms with Crippen LogP contribution in [0.2, 0.25) is 0 Å². The molecule has 2 amide bonds. The Morgan fingerprint density at radius 2 is 2.31 bits per heavy atom. The normalized spacial score (nSPS) is 10.2. The lowest BCUT2D eigenvalue weighted by Gasteiger charge is -2.07. The van der Waals surface area contributed by atoms with Gasteiger partial charge in [-0.2, -0.15) is 5.10 Å². The summed E-state index contributed by atoms with van der Waals surface area (Å²) in [6.07, 6.45) is 0. The fraction of sp³-hybridized carbons (Fsp3) is 0.500. The van der Waals surface area contributed by atoms with Crippen LogP contribution < -0.4 is 10.6 Å². The summed E-state index contributed by atoms with van der Waals surface area (Å²) in [5.41, 5.74) is 0.917. The third kappa shape index (κ3) is 3.14. The fourth-order valence-electron chi connectivity index (χ4n) is 0.897. The second-order valence-corrected chi connectivity index (χ2v) is 3.19. The second kappa shape index (κ2) is 3.93. The Hall–Kier alpha value is -1.52. The summed E-state index contributed by atoms with van der Waals surface area (Å²) in [4.78, 5) is 11.2. The minimum atomic E-state index is -0.235. The molecule has 0 atom stereocenters. The Balaban J connectivity index is 2.45. The van der Waals surface area contributed by atoms with Crippen molar-refractivity contribution in [1.29, 1.82) is 0 Å². The molecule has 72 valence electrons. The molecule has 5 heteroatoms. The van der Waals surface area contributed by atoms with E-state index in [0.717, 1.165) is 5.69 Å². The number of H-pyrrole nitrogens is 1. The van der Waals surface area contributed by atoms with Crippen LogP contribution in [-0.4, -0.2) is 22.3 Å². The zero-order chi connectivity index (χ0) is 9.84. The van der Waals surface area contributed by atoms with E-state index in [1.807, 2.05) is 20.8 Å². The van der Waals surface area contributed by atoms with Crippen LogP contribution in [0.25, 0.3) is 0 Å². The van der Waals surface area contributed by atoms with Crippen molar-refractivity contribution in [2.45, 2.75) is 26.8 Å².